The molecule has 166 valence electrons. The summed E-state index contributed by atoms with van der Waals surface area (Å²) in [4.78, 5) is 18.8. The SMILES string of the molecule is CN(C(=O)OCc1c(-c2ccc(OC3CCCCC3)cn2)nnn1C)C1CC2(CC2)C1. The first-order valence-electron chi connectivity index (χ1n) is 11.4. The second kappa shape index (κ2) is 8.13. The van der Waals surface area contributed by atoms with Gasteiger partial charge in [0.1, 0.15) is 23.7 Å². The van der Waals surface area contributed by atoms with Crippen molar-refractivity contribution < 1.29 is 14.3 Å². The normalized spacial score (nSPS) is 20.3. The number of hydrogen-bond acceptors (Lipinski definition) is 6. The molecule has 3 fully saturated rings. The summed E-state index contributed by atoms with van der Waals surface area (Å²) >= 11 is 0. The standard InChI is InChI=1S/C23H31N5O3/c1-27(16-12-23(13-16)10-11-23)22(29)30-15-20-21(25-26-28(20)2)19-9-8-18(14-24-19)31-17-6-4-3-5-7-17/h8-9,14,16-17H,3-7,10-13,15H2,1-2H3. The van der Waals surface area contributed by atoms with Crippen molar-refractivity contribution >= 4 is 6.09 Å². The lowest BCUT2D eigenvalue weighted by molar-refractivity contribution is 0.0492. The molecule has 31 heavy (non-hydrogen) atoms. The van der Waals surface area contributed by atoms with Crippen LogP contribution in [0.1, 0.15) is 63.5 Å². The quantitative estimate of drug-likeness (QED) is 0.693. The van der Waals surface area contributed by atoms with Crippen LogP contribution in [-0.4, -0.2) is 50.2 Å². The first-order chi connectivity index (χ1) is 15.0. The Balaban J connectivity index is 1.20. The van der Waals surface area contributed by atoms with Crippen molar-refractivity contribution in [1.82, 2.24) is 24.9 Å². The van der Waals surface area contributed by atoms with E-state index in [4.69, 9.17) is 9.47 Å². The Morgan fingerprint density at radius 3 is 2.68 bits per heavy atom. The minimum absolute atomic E-state index is 0.113. The third kappa shape index (κ3) is 4.25. The largest absolute Gasteiger partial charge is 0.489 e. The Kier molecular flexibility index (Phi) is 5.32. The molecule has 2 aromatic rings. The zero-order chi connectivity index (χ0) is 21.4. The van der Waals surface area contributed by atoms with E-state index < -0.39 is 0 Å². The zero-order valence-corrected chi connectivity index (χ0v) is 18.4. The van der Waals surface area contributed by atoms with Gasteiger partial charge in [0, 0.05) is 20.1 Å². The third-order valence-electron chi connectivity index (χ3n) is 7.24. The van der Waals surface area contributed by atoms with Crippen LogP contribution in [0.15, 0.2) is 18.3 Å². The van der Waals surface area contributed by atoms with Crippen molar-refractivity contribution in [2.75, 3.05) is 7.05 Å². The Hall–Kier alpha value is -2.64. The van der Waals surface area contributed by atoms with E-state index in [9.17, 15) is 4.79 Å². The molecule has 0 saturated heterocycles. The van der Waals surface area contributed by atoms with Crippen LogP contribution in [-0.2, 0) is 18.4 Å². The maximum absolute atomic E-state index is 12.5. The van der Waals surface area contributed by atoms with Gasteiger partial charge in [-0.1, -0.05) is 11.6 Å². The lowest BCUT2D eigenvalue weighted by Gasteiger charge is -2.41. The predicted octanol–water partition coefficient (Wildman–Crippen LogP) is 4.10. The molecule has 0 unspecified atom stereocenters. The van der Waals surface area contributed by atoms with Crippen LogP contribution in [0.25, 0.3) is 11.4 Å². The maximum Gasteiger partial charge on any atom is 0.410 e. The average molecular weight is 426 g/mol. The Labute approximate surface area is 182 Å². The Morgan fingerprint density at radius 1 is 1.23 bits per heavy atom. The monoisotopic (exact) mass is 425 g/mol. The lowest BCUT2D eigenvalue weighted by atomic mass is 9.76. The number of carbonyl (C=O) groups is 1. The van der Waals surface area contributed by atoms with E-state index in [1.807, 2.05) is 19.2 Å². The Morgan fingerprint density at radius 2 is 2.00 bits per heavy atom. The fourth-order valence-corrected chi connectivity index (χ4v) is 4.88. The summed E-state index contributed by atoms with van der Waals surface area (Å²) in [5, 5.41) is 8.36. The van der Waals surface area contributed by atoms with Crippen molar-refractivity contribution in [2.24, 2.45) is 12.5 Å². The number of ether oxygens (including phenoxy) is 2. The minimum atomic E-state index is -0.295. The molecule has 1 spiro atoms. The fourth-order valence-electron chi connectivity index (χ4n) is 4.88. The van der Waals surface area contributed by atoms with Gasteiger partial charge in [0.2, 0.25) is 0 Å². The molecule has 1 amide bonds. The summed E-state index contributed by atoms with van der Waals surface area (Å²) in [7, 11) is 3.63. The Bertz CT molecular complexity index is 923. The summed E-state index contributed by atoms with van der Waals surface area (Å²) in [5.74, 6) is 0.781. The van der Waals surface area contributed by atoms with E-state index in [0.29, 0.717) is 22.8 Å². The highest BCUT2D eigenvalue weighted by molar-refractivity contribution is 5.68. The fraction of sp³-hybridized carbons (Fsp3) is 0.652. The highest BCUT2D eigenvalue weighted by Gasteiger charge is 2.54. The number of amides is 1. The molecular formula is C23H31N5O3. The number of aromatic nitrogens is 4. The molecular weight excluding hydrogens is 394 g/mol. The smallest absolute Gasteiger partial charge is 0.410 e. The molecule has 8 heteroatoms. The molecule has 0 radical (unpaired) electrons. The summed E-state index contributed by atoms with van der Waals surface area (Å²) < 4.78 is 13.3. The van der Waals surface area contributed by atoms with Gasteiger partial charge >= 0.3 is 6.09 Å². The van der Waals surface area contributed by atoms with E-state index in [-0.39, 0.29) is 18.8 Å². The first-order valence-corrected chi connectivity index (χ1v) is 11.4. The van der Waals surface area contributed by atoms with E-state index in [2.05, 4.69) is 15.3 Å². The molecule has 3 aliphatic carbocycles. The van der Waals surface area contributed by atoms with Gasteiger partial charge in [-0.25, -0.2) is 9.48 Å². The van der Waals surface area contributed by atoms with Gasteiger partial charge in [-0.15, -0.1) is 5.10 Å². The van der Waals surface area contributed by atoms with Crippen molar-refractivity contribution in [3.63, 3.8) is 0 Å². The summed E-state index contributed by atoms with van der Waals surface area (Å²) in [5.41, 5.74) is 2.60. The van der Waals surface area contributed by atoms with Gasteiger partial charge in [-0.3, -0.25) is 4.98 Å². The summed E-state index contributed by atoms with van der Waals surface area (Å²) in [6, 6.07) is 4.13. The molecule has 0 N–H and O–H groups in total. The summed E-state index contributed by atoms with van der Waals surface area (Å²) in [6.45, 7) is 0.113. The topological polar surface area (TPSA) is 82.4 Å². The predicted molar refractivity (Wildman–Crippen MR) is 114 cm³/mol. The van der Waals surface area contributed by atoms with Crippen LogP contribution >= 0.6 is 0 Å². The first kappa shape index (κ1) is 20.3. The van der Waals surface area contributed by atoms with Gasteiger partial charge in [0.05, 0.1) is 18.0 Å². The third-order valence-corrected chi connectivity index (χ3v) is 7.24. The number of carbonyl (C=O) groups excluding carboxylic acids is 1. The number of hydrogen-bond donors (Lipinski definition) is 0. The molecule has 2 heterocycles. The van der Waals surface area contributed by atoms with Gasteiger partial charge in [-0.05, 0) is 68.9 Å². The van der Waals surface area contributed by atoms with Gasteiger partial charge in [0.15, 0.2) is 0 Å². The number of aryl methyl sites for hydroxylation is 1. The van der Waals surface area contributed by atoms with E-state index in [0.717, 1.165) is 37.1 Å². The second-order valence-corrected chi connectivity index (χ2v) is 9.49. The number of nitrogens with zero attached hydrogens (tertiary/aromatic N) is 5. The van der Waals surface area contributed by atoms with E-state index in [1.54, 1.807) is 22.8 Å². The van der Waals surface area contributed by atoms with Crippen LogP contribution in [0.3, 0.4) is 0 Å². The van der Waals surface area contributed by atoms with Gasteiger partial charge < -0.3 is 14.4 Å². The average Bonchev–Trinajstić information content (AvgIpc) is 3.49. The number of rotatable bonds is 6. The maximum atomic E-state index is 12.5. The number of pyridine rings is 1. The van der Waals surface area contributed by atoms with Crippen LogP contribution < -0.4 is 4.74 Å². The van der Waals surface area contributed by atoms with Crippen LogP contribution in [0, 0.1) is 5.41 Å². The molecule has 3 saturated carbocycles. The molecule has 2 aromatic heterocycles. The molecule has 8 nitrogen and oxygen atoms in total. The molecule has 0 bridgehead atoms. The highest BCUT2D eigenvalue weighted by Crippen LogP contribution is 2.61. The second-order valence-electron chi connectivity index (χ2n) is 9.49. The van der Waals surface area contributed by atoms with Crippen LogP contribution in [0.5, 0.6) is 5.75 Å². The zero-order valence-electron chi connectivity index (χ0n) is 18.4. The van der Waals surface area contributed by atoms with Gasteiger partial charge in [0.25, 0.3) is 0 Å². The van der Waals surface area contributed by atoms with E-state index >= 15 is 0 Å². The van der Waals surface area contributed by atoms with Crippen molar-refractivity contribution in [3.8, 4) is 17.1 Å². The molecule has 0 aliphatic heterocycles. The lowest BCUT2D eigenvalue weighted by Crippen LogP contribution is -2.46. The highest BCUT2D eigenvalue weighted by atomic mass is 16.6. The summed E-state index contributed by atoms with van der Waals surface area (Å²) in [6.07, 6.45) is 12.6. The van der Waals surface area contributed by atoms with Crippen LogP contribution in [0.2, 0.25) is 0 Å². The van der Waals surface area contributed by atoms with Crippen molar-refractivity contribution in [3.05, 3.63) is 24.0 Å². The van der Waals surface area contributed by atoms with E-state index in [1.165, 1.54) is 32.1 Å². The van der Waals surface area contributed by atoms with Gasteiger partial charge in [-0.2, -0.15) is 0 Å². The molecule has 5 rings (SSSR count). The minimum Gasteiger partial charge on any atom is -0.489 e. The molecule has 3 aliphatic rings. The van der Waals surface area contributed by atoms with Crippen molar-refractivity contribution in [1.29, 1.82) is 0 Å². The van der Waals surface area contributed by atoms with Crippen molar-refractivity contribution in [2.45, 2.75) is 76.5 Å². The van der Waals surface area contributed by atoms with Crippen LogP contribution in [0.4, 0.5) is 4.79 Å². The molecule has 0 aromatic carbocycles. The molecule has 0 atom stereocenters.